The highest BCUT2D eigenvalue weighted by Gasteiger charge is 2.24. The van der Waals surface area contributed by atoms with E-state index in [9.17, 15) is 18.4 Å². The van der Waals surface area contributed by atoms with Crippen LogP contribution in [0.2, 0.25) is 0 Å². The molecule has 118 valence electrons. The van der Waals surface area contributed by atoms with Crippen molar-refractivity contribution >= 4 is 23.2 Å². The van der Waals surface area contributed by atoms with Crippen molar-refractivity contribution in [2.24, 2.45) is 0 Å². The summed E-state index contributed by atoms with van der Waals surface area (Å²) >= 11 is 0. The van der Waals surface area contributed by atoms with Gasteiger partial charge in [0, 0.05) is 18.5 Å². The second kappa shape index (κ2) is 6.16. The summed E-state index contributed by atoms with van der Waals surface area (Å²) in [5.74, 6) is -2.66. The molecule has 0 aromatic heterocycles. The lowest BCUT2D eigenvalue weighted by Crippen LogP contribution is -2.25. The Kier molecular flexibility index (Phi) is 4.06. The topological polar surface area (TPSA) is 49.4 Å². The summed E-state index contributed by atoms with van der Waals surface area (Å²) in [6.45, 7) is 0.594. The molecular weight excluding hydrogens is 302 g/mol. The Bertz CT molecular complexity index is 777. The zero-order valence-corrected chi connectivity index (χ0v) is 12.2. The fraction of sp³-hybridized carbons (Fsp3) is 0.176. The number of nitrogens with one attached hydrogen (secondary N) is 1. The van der Waals surface area contributed by atoms with E-state index in [0.717, 1.165) is 18.6 Å². The number of nitrogens with zero attached hydrogens (tertiary/aromatic N) is 1. The molecule has 0 spiro atoms. The molecule has 2 aromatic rings. The van der Waals surface area contributed by atoms with E-state index in [1.54, 1.807) is 29.2 Å². The molecule has 1 saturated heterocycles. The molecule has 6 heteroatoms. The van der Waals surface area contributed by atoms with Crippen LogP contribution in [0.15, 0.2) is 42.5 Å². The van der Waals surface area contributed by atoms with Crippen molar-refractivity contribution in [3.05, 3.63) is 59.7 Å². The largest absolute Gasteiger partial charge is 0.320 e. The summed E-state index contributed by atoms with van der Waals surface area (Å²) < 4.78 is 26.2. The molecule has 1 N–H and O–H groups in total. The smallest absolute Gasteiger partial charge is 0.255 e. The molecule has 0 atom stereocenters. The fourth-order valence-corrected chi connectivity index (χ4v) is 2.55. The van der Waals surface area contributed by atoms with E-state index in [1.165, 1.54) is 6.07 Å². The van der Waals surface area contributed by atoms with Gasteiger partial charge in [-0.2, -0.15) is 0 Å². The molecule has 1 heterocycles. The number of carbonyl (C=O) groups is 2. The lowest BCUT2D eigenvalue weighted by Gasteiger charge is -2.20. The molecule has 0 bridgehead atoms. The van der Waals surface area contributed by atoms with Crippen LogP contribution in [0.5, 0.6) is 0 Å². The first-order valence-electron chi connectivity index (χ1n) is 7.22. The van der Waals surface area contributed by atoms with E-state index in [-0.39, 0.29) is 11.5 Å². The lowest BCUT2D eigenvalue weighted by molar-refractivity contribution is -0.117. The van der Waals surface area contributed by atoms with Gasteiger partial charge < -0.3 is 10.2 Å². The Hall–Kier alpha value is -2.76. The van der Waals surface area contributed by atoms with Crippen LogP contribution in [0.4, 0.5) is 20.2 Å². The van der Waals surface area contributed by atoms with Crippen molar-refractivity contribution in [2.75, 3.05) is 16.8 Å². The summed E-state index contributed by atoms with van der Waals surface area (Å²) in [7, 11) is 0. The third-order valence-electron chi connectivity index (χ3n) is 3.70. The zero-order valence-electron chi connectivity index (χ0n) is 12.2. The molecule has 4 nitrogen and oxygen atoms in total. The quantitative estimate of drug-likeness (QED) is 0.944. The van der Waals surface area contributed by atoms with E-state index in [2.05, 4.69) is 5.32 Å². The Morgan fingerprint density at radius 2 is 1.87 bits per heavy atom. The van der Waals surface area contributed by atoms with Crippen molar-refractivity contribution < 1.29 is 18.4 Å². The predicted molar refractivity (Wildman–Crippen MR) is 82.3 cm³/mol. The first-order valence-corrected chi connectivity index (χ1v) is 7.22. The van der Waals surface area contributed by atoms with Gasteiger partial charge in [-0.3, -0.25) is 9.59 Å². The number of carbonyl (C=O) groups excluding carboxylic acids is 2. The Morgan fingerprint density at radius 1 is 1.09 bits per heavy atom. The van der Waals surface area contributed by atoms with Gasteiger partial charge in [0.2, 0.25) is 5.91 Å². The molecule has 23 heavy (non-hydrogen) atoms. The predicted octanol–water partition coefficient (Wildman–Crippen LogP) is 3.34. The maximum atomic E-state index is 13.2. The lowest BCUT2D eigenvalue weighted by atomic mass is 10.2. The second-order valence-electron chi connectivity index (χ2n) is 5.25. The Morgan fingerprint density at radius 3 is 2.57 bits per heavy atom. The highest BCUT2D eigenvalue weighted by atomic mass is 19.2. The standard InChI is InChI=1S/C17H14F2N2O2/c18-12-8-7-11(10-13(12)19)17(23)20-14-4-1-2-5-15(14)21-9-3-6-16(21)22/h1-2,4-5,7-8,10H,3,6,9H2,(H,20,23). The van der Waals surface area contributed by atoms with Gasteiger partial charge >= 0.3 is 0 Å². The van der Waals surface area contributed by atoms with Gasteiger partial charge in [0.15, 0.2) is 11.6 Å². The van der Waals surface area contributed by atoms with Crippen LogP contribution in [0.3, 0.4) is 0 Å². The van der Waals surface area contributed by atoms with E-state index < -0.39 is 17.5 Å². The molecule has 2 aromatic carbocycles. The van der Waals surface area contributed by atoms with Crippen LogP contribution in [0, 0.1) is 11.6 Å². The number of anilines is 2. The number of hydrogen-bond donors (Lipinski definition) is 1. The van der Waals surface area contributed by atoms with Gasteiger partial charge in [0.05, 0.1) is 11.4 Å². The maximum absolute atomic E-state index is 13.2. The molecular formula is C17H14F2N2O2. The number of amides is 2. The molecule has 2 amide bonds. The van der Waals surface area contributed by atoms with Crippen molar-refractivity contribution in [1.82, 2.24) is 0 Å². The van der Waals surface area contributed by atoms with Gasteiger partial charge in [-0.15, -0.1) is 0 Å². The summed E-state index contributed by atoms with van der Waals surface area (Å²) in [6, 6.07) is 9.85. The van der Waals surface area contributed by atoms with E-state index in [1.807, 2.05) is 0 Å². The zero-order chi connectivity index (χ0) is 16.4. The highest BCUT2D eigenvalue weighted by Crippen LogP contribution is 2.29. The molecule has 1 aliphatic heterocycles. The second-order valence-corrected chi connectivity index (χ2v) is 5.25. The van der Waals surface area contributed by atoms with E-state index in [4.69, 9.17) is 0 Å². The average Bonchev–Trinajstić information content (AvgIpc) is 2.96. The Balaban J connectivity index is 1.86. The van der Waals surface area contributed by atoms with Gasteiger partial charge in [0.1, 0.15) is 0 Å². The summed E-state index contributed by atoms with van der Waals surface area (Å²) in [6.07, 6.45) is 1.25. The van der Waals surface area contributed by atoms with Crippen molar-refractivity contribution in [1.29, 1.82) is 0 Å². The third-order valence-corrected chi connectivity index (χ3v) is 3.70. The number of benzene rings is 2. The molecule has 1 aliphatic rings. The van der Waals surface area contributed by atoms with E-state index >= 15 is 0 Å². The van der Waals surface area contributed by atoms with E-state index in [0.29, 0.717) is 24.3 Å². The maximum Gasteiger partial charge on any atom is 0.255 e. The number of hydrogen-bond acceptors (Lipinski definition) is 2. The minimum atomic E-state index is -1.08. The molecule has 0 unspecified atom stereocenters. The van der Waals surface area contributed by atoms with Crippen LogP contribution in [0.25, 0.3) is 0 Å². The summed E-state index contributed by atoms with van der Waals surface area (Å²) in [4.78, 5) is 25.7. The van der Waals surface area contributed by atoms with Gasteiger partial charge in [0.25, 0.3) is 5.91 Å². The van der Waals surface area contributed by atoms with Crippen LogP contribution in [-0.4, -0.2) is 18.4 Å². The van der Waals surface area contributed by atoms with Crippen molar-refractivity contribution in [3.63, 3.8) is 0 Å². The first kappa shape index (κ1) is 15.1. The molecule has 1 fully saturated rings. The van der Waals surface area contributed by atoms with Crippen molar-refractivity contribution in [3.8, 4) is 0 Å². The third kappa shape index (κ3) is 3.06. The van der Waals surface area contributed by atoms with Crippen LogP contribution in [0.1, 0.15) is 23.2 Å². The minimum absolute atomic E-state index is 0.000439. The SMILES string of the molecule is O=C(Nc1ccccc1N1CCCC1=O)c1ccc(F)c(F)c1. The number of halogens is 2. The first-order chi connectivity index (χ1) is 11.1. The molecule has 0 radical (unpaired) electrons. The van der Waals surface area contributed by atoms with Crippen LogP contribution < -0.4 is 10.2 Å². The molecule has 0 aliphatic carbocycles. The number of para-hydroxylation sites is 2. The van der Waals surface area contributed by atoms with Crippen LogP contribution >= 0.6 is 0 Å². The number of rotatable bonds is 3. The monoisotopic (exact) mass is 316 g/mol. The van der Waals surface area contributed by atoms with Crippen LogP contribution in [-0.2, 0) is 4.79 Å². The average molecular weight is 316 g/mol. The fourth-order valence-electron chi connectivity index (χ4n) is 2.55. The van der Waals surface area contributed by atoms with Gasteiger partial charge in [-0.1, -0.05) is 12.1 Å². The Labute approximate surface area is 131 Å². The van der Waals surface area contributed by atoms with Crippen molar-refractivity contribution in [2.45, 2.75) is 12.8 Å². The molecule has 3 rings (SSSR count). The summed E-state index contributed by atoms with van der Waals surface area (Å²) in [5.41, 5.74) is 1.06. The highest BCUT2D eigenvalue weighted by molar-refractivity contribution is 6.08. The van der Waals surface area contributed by atoms with Gasteiger partial charge in [-0.05, 0) is 36.8 Å². The van der Waals surface area contributed by atoms with Gasteiger partial charge in [-0.25, -0.2) is 8.78 Å². The summed E-state index contributed by atoms with van der Waals surface area (Å²) in [5, 5.41) is 2.65. The normalized spacial score (nSPS) is 14.2. The molecule has 0 saturated carbocycles. The minimum Gasteiger partial charge on any atom is -0.320 e.